The van der Waals surface area contributed by atoms with Gasteiger partial charge in [-0.2, -0.15) is 0 Å². The summed E-state index contributed by atoms with van der Waals surface area (Å²) in [7, 11) is 1.36. The summed E-state index contributed by atoms with van der Waals surface area (Å²) in [6.07, 6.45) is 0. The van der Waals surface area contributed by atoms with E-state index in [4.69, 9.17) is 17.0 Å². The van der Waals surface area contributed by atoms with Gasteiger partial charge in [0.2, 0.25) is 0 Å². The number of rotatable bonds is 4. The summed E-state index contributed by atoms with van der Waals surface area (Å²) in [5.74, 6) is -0.374. The highest BCUT2D eigenvalue weighted by molar-refractivity contribution is 7.80. The Morgan fingerprint density at radius 3 is 2.54 bits per heavy atom. The van der Waals surface area contributed by atoms with Crippen molar-refractivity contribution < 1.29 is 9.53 Å². The number of carbonyl (C=O) groups is 1. The van der Waals surface area contributed by atoms with Gasteiger partial charge in [0, 0.05) is 5.69 Å². The average molecular weight is 342 g/mol. The maximum Gasteiger partial charge on any atom is 0.337 e. The second-order valence-corrected chi connectivity index (χ2v) is 6.14. The maximum absolute atomic E-state index is 11.6. The van der Waals surface area contributed by atoms with Crippen LogP contribution in [0.4, 0.5) is 5.69 Å². The van der Waals surface area contributed by atoms with Crippen LogP contribution in [0.25, 0.3) is 0 Å². The van der Waals surface area contributed by atoms with E-state index in [1.807, 2.05) is 6.07 Å². The highest BCUT2D eigenvalue weighted by atomic mass is 32.1. The van der Waals surface area contributed by atoms with Gasteiger partial charge in [0.25, 0.3) is 0 Å². The molecule has 0 aliphatic carbocycles. The molecule has 0 unspecified atom stereocenters. The lowest BCUT2D eigenvalue weighted by molar-refractivity contribution is 0.0601. The predicted molar refractivity (Wildman–Crippen MR) is 101 cm³/mol. The molecule has 24 heavy (non-hydrogen) atoms. The fourth-order valence-corrected chi connectivity index (χ4v) is 2.62. The van der Waals surface area contributed by atoms with Crippen molar-refractivity contribution in [2.24, 2.45) is 0 Å². The lowest BCUT2D eigenvalue weighted by Crippen LogP contribution is -2.31. The van der Waals surface area contributed by atoms with E-state index in [0.29, 0.717) is 10.7 Å². The van der Waals surface area contributed by atoms with E-state index in [2.05, 4.69) is 49.6 Å². The summed E-state index contributed by atoms with van der Waals surface area (Å²) in [5, 5.41) is 6.86. The van der Waals surface area contributed by atoms with Crippen LogP contribution >= 0.6 is 12.2 Å². The zero-order valence-corrected chi connectivity index (χ0v) is 15.2. The summed E-state index contributed by atoms with van der Waals surface area (Å²) in [6, 6.07) is 13.5. The van der Waals surface area contributed by atoms with Crippen LogP contribution in [0, 0.1) is 13.8 Å². The first-order chi connectivity index (χ1) is 11.4. The number of hydrogen-bond donors (Lipinski definition) is 2. The Morgan fingerprint density at radius 2 is 1.88 bits per heavy atom. The van der Waals surface area contributed by atoms with Crippen molar-refractivity contribution in [3.8, 4) is 0 Å². The first-order valence-electron chi connectivity index (χ1n) is 7.73. The van der Waals surface area contributed by atoms with Crippen molar-refractivity contribution in [3.63, 3.8) is 0 Å². The number of benzene rings is 2. The van der Waals surface area contributed by atoms with Crippen LogP contribution in [-0.2, 0) is 4.74 Å². The number of nitrogens with one attached hydrogen (secondary N) is 2. The van der Waals surface area contributed by atoms with E-state index >= 15 is 0 Å². The smallest absolute Gasteiger partial charge is 0.337 e. The molecule has 0 fully saturated rings. The molecule has 0 saturated carbocycles. The molecule has 0 bridgehead atoms. The van der Waals surface area contributed by atoms with Crippen molar-refractivity contribution in [1.82, 2.24) is 5.32 Å². The van der Waals surface area contributed by atoms with E-state index < -0.39 is 0 Å². The third-order valence-corrected chi connectivity index (χ3v) is 4.14. The Balaban J connectivity index is 2.02. The Labute approximate surface area is 148 Å². The zero-order valence-electron chi connectivity index (χ0n) is 14.3. The van der Waals surface area contributed by atoms with Gasteiger partial charge in [-0.25, -0.2) is 4.79 Å². The van der Waals surface area contributed by atoms with Gasteiger partial charge in [0.1, 0.15) is 0 Å². The fourth-order valence-electron chi connectivity index (χ4n) is 2.32. The van der Waals surface area contributed by atoms with Crippen LogP contribution in [0.1, 0.15) is 40.0 Å². The average Bonchev–Trinajstić information content (AvgIpc) is 2.56. The molecule has 0 radical (unpaired) electrons. The van der Waals surface area contributed by atoms with Gasteiger partial charge in [-0.1, -0.05) is 24.3 Å². The van der Waals surface area contributed by atoms with Gasteiger partial charge in [0.05, 0.1) is 18.7 Å². The minimum atomic E-state index is -0.374. The third-order valence-electron chi connectivity index (χ3n) is 3.92. The highest BCUT2D eigenvalue weighted by Crippen LogP contribution is 2.17. The number of hydrogen-bond acceptors (Lipinski definition) is 3. The van der Waals surface area contributed by atoms with Crippen molar-refractivity contribution in [3.05, 3.63) is 64.7 Å². The lowest BCUT2D eigenvalue weighted by atomic mass is 10.0. The first-order valence-corrected chi connectivity index (χ1v) is 8.14. The summed E-state index contributed by atoms with van der Waals surface area (Å²) in [4.78, 5) is 11.6. The quantitative estimate of drug-likeness (QED) is 0.646. The number of esters is 1. The molecule has 2 N–H and O–H groups in total. The Morgan fingerprint density at radius 1 is 1.12 bits per heavy atom. The summed E-state index contributed by atoms with van der Waals surface area (Å²) in [5.41, 5.74) is 4.91. The topological polar surface area (TPSA) is 50.4 Å². The van der Waals surface area contributed by atoms with Crippen LogP contribution in [-0.4, -0.2) is 18.2 Å². The second kappa shape index (κ2) is 7.93. The number of thiocarbonyl (C=S) groups is 1. The molecule has 2 rings (SSSR count). The van der Waals surface area contributed by atoms with Crippen molar-refractivity contribution in [2.75, 3.05) is 12.4 Å². The normalized spacial score (nSPS) is 11.5. The second-order valence-electron chi connectivity index (χ2n) is 5.74. The molecule has 5 heteroatoms. The molecular formula is C19H22N2O2S. The van der Waals surface area contributed by atoms with E-state index in [9.17, 15) is 4.79 Å². The molecule has 0 aliphatic heterocycles. The molecule has 0 aromatic heterocycles. The van der Waals surface area contributed by atoms with Gasteiger partial charge in [-0.15, -0.1) is 0 Å². The largest absolute Gasteiger partial charge is 0.465 e. The lowest BCUT2D eigenvalue weighted by Gasteiger charge is -2.18. The maximum atomic E-state index is 11.6. The van der Waals surface area contributed by atoms with Gasteiger partial charge in [-0.3, -0.25) is 0 Å². The van der Waals surface area contributed by atoms with Crippen LogP contribution in [0.15, 0.2) is 42.5 Å². The van der Waals surface area contributed by atoms with Crippen LogP contribution in [0.5, 0.6) is 0 Å². The van der Waals surface area contributed by atoms with Gasteiger partial charge < -0.3 is 15.4 Å². The van der Waals surface area contributed by atoms with Gasteiger partial charge >= 0.3 is 5.97 Å². The molecule has 0 aliphatic rings. The molecule has 2 aromatic rings. The number of carbonyl (C=O) groups excluding carboxylic acids is 1. The Kier molecular flexibility index (Phi) is 5.93. The minimum absolute atomic E-state index is 0.0769. The van der Waals surface area contributed by atoms with Crippen LogP contribution in [0.2, 0.25) is 0 Å². The minimum Gasteiger partial charge on any atom is -0.465 e. The summed E-state index contributed by atoms with van der Waals surface area (Å²) in [6.45, 7) is 6.25. The molecule has 126 valence electrons. The predicted octanol–water partition coefficient (Wildman–Crippen LogP) is 4.14. The van der Waals surface area contributed by atoms with Gasteiger partial charge in [0.15, 0.2) is 5.11 Å². The number of methoxy groups -OCH3 is 1. The molecule has 2 aromatic carbocycles. The van der Waals surface area contributed by atoms with E-state index in [1.54, 1.807) is 18.2 Å². The monoisotopic (exact) mass is 342 g/mol. The van der Waals surface area contributed by atoms with Gasteiger partial charge in [-0.05, 0) is 67.9 Å². The first kappa shape index (κ1) is 17.9. The highest BCUT2D eigenvalue weighted by Gasteiger charge is 2.10. The van der Waals surface area contributed by atoms with Crippen molar-refractivity contribution in [2.45, 2.75) is 26.8 Å². The van der Waals surface area contributed by atoms with E-state index in [-0.39, 0.29) is 12.0 Å². The Bertz CT molecular complexity index is 759. The standard InChI is InChI=1S/C19H22N2O2S/c1-12-8-9-15(10-13(12)2)14(3)20-19(24)21-17-7-5-6-16(11-17)18(22)23-4/h5-11,14H,1-4H3,(H2,20,21,24)/t14-/m1/s1. The summed E-state index contributed by atoms with van der Waals surface area (Å²) < 4.78 is 4.72. The Hall–Kier alpha value is -2.40. The fraction of sp³-hybridized carbons (Fsp3) is 0.263. The van der Waals surface area contributed by atoms with E-state index in [0.717, 1.165) is 5.69 Å². The number of ether oxygens (including phenoxy) is 1. The molecular weight excluding hydrogens is 320 g/mol. The van der Waals surface area contributed by atoms with Crippen LogP contribution in [0.3, 0.4) is 0 Å². The van der Waals surface area contributed by atoms with E-state index in [1.165, 1.54) is 23.8 Å². The molecule has 0 heterocycles. The molecule has 1 atom stereocenters. The van der Waals surface area contributed by atoms with Crippen molar-refractivity contribution in [1.29, 1.82) is 0 Å². The SMILES string of the molecule is COC(=O)c1cccc(NC(=S)N[C@H](C)c2ccc(C)c(C)c2)c1. The zero-order chi connectivity index (χ0) is 17.7. The van der Waals surface area contributed by atoms with Crippen molar-refractivity contribution >= 4 is 29.0 Å². The summed E-state index contributed by atoms with van der Waals surface area (Å²) >= 11 is 5.37. The molecule has 0 amide bonds. The number of aryl methyl sites for hydroxylation is 2. The number of anilines is 1. The van der Waals surface area contributed by atoms with Crippen LogP contribution < -0.4 is 10.6 Å². The third kappa shape index (κ3) is 4.55. The molecule has 0 saturated heterocycles. The molecule has 4 nitrogen and oxygen atoms in total. The molecule has 0 spiro atoms.